The maximum Gasteiger partial charge on any atom is 0.165 e. The number of hydrogen-bond acceptors (Lipinski definition) is 5. The Labute approximate surface area is 373 Å². The fourth-order valence-corrected chi connectivity index (χ4v) is 12.5. The summed E-state index contributed by atoms with van der Waals surface area (Å²) in [5, 5.41) is 2.45. The Morgan fingerprint density at radius 2 is 0.873 bits per heavy atom. The summed E-state index contributed by atoms with van der Waals surface area (Å²) in [6.45, 7) is 0. The van der Waals surface area contributed by atoms with Gasteiger partial charge in [0.15, 0.2) is 17.5 Å². The summed E-state index contributed by atoms with van der Waals surface area (Å²) in [5.41, 5.74) is 14.6. The van der Waals surface area contributed by atoms with Crippen LogP contribution in [0.15, 0.2) is 222 Å². The van der Waals surface area contributed by atoms with Crippen LogP contribution in [0.3, 0.4) is 0 Å². The lowest BCUT2D eigenvalue weighted by molar-refractivity contribution is 0.722. The Hall–Kier alpha value is -7.44. The zero-order chi connectivity index (χ0) is 41.5. The fourth-order valence-electron chi connectivity index (χ4n) is 10.1. The third kappa shape index (κ3) is 5.57. The van der Waals surface area contributed by atoms with Crippen molar-refractivity contribution in [2.75, 3.05) is 0 Å². The van der Waals surface area contributed by atoms with E-state index in [1.807, 2.05) is 11.8 Å². The van der Waals surface area contributed by atoms with Crippen LogP contribution >= 0.6 is 23.1 Å². The summed E-state index contributed by atoms with van der Waals surface area (Å²) in [6, 6.07) is 76.7. The highest BCUT2D eigenvalue weighted by Crippen LogP contribution is 2.62. The van der Waals surface area contributed by atoms with Gasteiger partial charge < -0.3 is 0 Å². The minimum absolute atomic E-state index is 0.458. The first-order valence-electron chi connectivity index (χ1n) is 21.3. The van der Waals surface area contributed by atoms with E-state index in [2.05, 4.69) is 212 Å². The molecule has 9 aromatic carbocycles. The number of aromatic nitrogens is 3. The van der Waals surface area contributed by atoms with Crippen molar-refractivity contribution in [3.8, 4) is 67.5 Å². The van der Waals surface area contributed by atoms with Gasteiger partial charge >= 0.3 is 0 Å². The van der Waals surface area contributed by atoms with Crippen molar-refractivity contribution in [2.45, 2.75) is 15.2 Å². The Balaban J connectivity index is 1.06. The van der Waals surface area contributed by atoms with Crippen LogP contribution in [0.2, 0.25) is 0 Å². The molecule has 63 heavy (non-hydrogen) atoms. The Morgan fingerprint density at radius 3 is 1.65 bits per heavy atom. The van der Waals surface area contributed by atoms with Crippen LogP contribution in [0.5, 0.6) is 0 Å². The van der Waals surface area contributed by atoms with Crippen LogP contribution in [-0.2, 0) is 5.41 Å². The van der Waals surface area contributed by atoms with Crippen LogP contribution in [-0.4, -0.2) is 15.0 Å². The molecular weight excluding hydrogens is 803 g/mol. The van der Waals surface area contributed by atoms with Crippen LogP contribution < -0.4 is 0 Å². The molecular formula is C58H35N3S2. The molecule has 0 unspecified atom stereocenters. The molecule has 0 saturated carbocycles. The molecule has 0 saturated heterocycles. The molecule has 1 aliphatic heterocycles. The third-order valence-electron chi connectivity index (χ3n) is 12.8. The smallest absolute Gasteiger partial charge is 0.165 e. The molecule has 0 radical (unpaired) electrons. The molecule has 5 heteroatoms. The molecule has 294 valence electrons. The van der Waals surface area contributed by atoms with Crippen LogP contribution in [0.4, 0.5) is 0 Å². The standard InChI is InChI=1S/C58H35N3S2/c1-3-16-36(17-4-1)38-30-32-43(45(34-38)37-18-5-2-6-19-37)56-59-55(60-57(61-56)44-23-15-22-42-41-21-8-12-27-51(41)63-54(42)44)39-31-33-48-46(35-39)40-20-7-9-24-47(40)58(48)49-25-10-13-28-52(49)62-53-29-14-11-26-50(53)58/h1-35H. The summed E-state index contributed by atoms with van der Waals surface area (Å²) in [4.78, 5) is 18.9. The van der Waals surface area contributed by atoms with E-state index >= 15 is 0 Å². The van der Waals surface area contributed by atoms with Crippen molar-refractivity contribution in [1.82, 2.24) is 15.0 Å². The van der Waals surface area contributed by atoms with E-state index in [0.29, 0.717) is 17.5 Å². The predicted molar refractivity (Wildman–Crippen MR) is 261 cm³/mol. The number of fused-ring (bicyclic) bond motifs is 12. The summed E-state index contributed by atoms with van der Waals surface area (Å²) in [7, 11) is 0. The van der Waals surface area contributed by atoms with E-state index in [9.17, 15) is 0 Å². The van der Waals surface area contributed by atoms with Gasteiger partial charge in [-0.15, -0.1) is 11.3 Å². The molecule has 0 atom stereocenters. The average Bonchev–Trinajstić information content (AvgIpc) is 3.88. The first-order valence-corrected chi connectivity index (χ1v) is 22.9. The molecule has 13 rings (SSSR count). The summed E-state index contributed by atoms with van der Waals surface area (Å²) < 4.78 is 2.41. The van der Waals surface area contributed by atoms with Crippen molar-refractivity contribution in [2.24, 2.45) is 0 Å². The Bertz CT molecular complexity index is 3570. The molecule has 0 bridgehead atoms. The number of rotatable bonds is 5. The van der Waals surface area contributed by atoms with Gasteiger partial charge in [0.2, 0.25) is 0 Å². The van der Waals surface area contributed by atoms with Gasteiger partial charge in [-0.2, -0.15) is 0 Å². The Kier molecular flexibility index (Phi) is 8.23. The maximum absolute atomic E-state index is 5.45. The van der Waals surface area contributed by atoms with Crippen molar-refractivity contribution in [3.63, 3.8) is 0 Å². The maximum atomic E-state index is 5.45. The first kappa shape index (κ1) is 36.2. The van der Waals surface area contributed by atoms with Crippen LogP contribution in [0.25, 0.3) is 87.7 Å². The van der Waals surface area contributed by atoms with E-state index in [-0.39, 0.29) is 0 Å². The summed E-state index contributed by atoms with van der Waals surface area (Å²) >= 11 is 3.66. The van der Waals surface area contributed by atoms with Crippen molar-refractivity contribution < 1.29 is 0 Å². The third-order valence-corrected chi connectivity index (χ3v) is 15.2. The van der Waals surface area contributed by atoms with Gasteiger partial charge in [0.05, 0.1) is 5.41 Å². The van der Waals surface area contributed by atoms with Gasteiger partial charge in [-0.3, -0.25) is 0 Å². The molecule has 0 amide bonds. The van der Waals surface area contributed by atoms with Crippen molar-refractivity contribution in [1.29, 1.82) is 0 Å². The predicted octanol–water partition coefficient (Wildman–Crippen LogP) is 15.4. The number of thiophene rings is 1. The van der Waals surface area contributed by atoms with Crippen molar-refractivity contribution in [3.05, 3.63) is 235 Å². The van der Waals surface area contributed by atoms with E-state index in [1.165, 1.54) is 63.3 Å². The quantitative estimate of drug-likeness (QED) is 0.173. The van der Waals surface area contributed by atoms with E-state index < -0.39 is 5.41 Å². The van der Waals surface area contributed by atoms with Crippen LogP contribution in [0.1, 0.15) is 22.3 Å². The van der Waals surface area contributed by atoms with Gasteiger partial charge in [0.25, 0.3) is 0 Å². The molecule has 1 aliphatic carbocycles. The van der Waals surface area contributed by atoms with E-state index in [0.717, 1.165) is 38.9 Å². The fraction of sp³-hybridized carbons (Fsp3) is 0.0172. The summed E-state index contributed by atoms with van der Waals surface area (Å²) in [6.07, 6.45) is 0. The summed E-state index contributed by atoms with van der Waals surface area (Å²) in [5.74, 6) is 1.93. The molecule has 3 nitrogen and oxygen atoms in total. The normalized spacial score (nSPS) is 13.1. The van der Waals surface area contributed by atoms with Gasteiger partial charge in [0.1, 0.15) is 0 Å². The molecule has 11 aromatic rings. The first-order chi connectivity index (χ1) is 31.2. The minimum atomic E-state index is -0.458. The Morgan fingerprint density at radius 1 is 0.317 bits per heavy atom. The van der Waals surface area contributed by atoms with Crippen LogP contribution in [0, 0.1) is 0 Å². The SMILES string of the molecule is c1ccc(-c2ccc(-c3nc(-c4ccc5c(c4)-c4ccccc4C54c5ccccc5Sc5ccccc54)nc(-c4cccc5c4sc4ccccc45)n3)c(-c3ccccc3)c2)cc1. The number of benzene rings is 9. The molecule has 1 spiro atoms. The zero-order valence-electron chi connectivity index (χ0n) is 33.9. The van der Waals surface area contributed by atoms with Gasteiger partial charge in [-0.1, -0.05) is 182 Å². The highest BCUT2D eigenvalue weighted by molar-refractivity contribution is 7.99. The van der Waals surface area contributed by atoms with Gasteiger partial charge in [0, 0.05) is 46.7 Å². The average molecular weight is 838 g/mol. The van der Waals surface area contributed by atoms with E-state index in [4.69, 9.17) is 15.0 Å². The molecule has 0 N–H and O–H groups in total. The van der Waals surface area contributed by atoms with Crippen molar-refractivity contribution >= 4 is 43.3 Å². The lowest BCUT2D eigenvalue weighted by atomic mass is 9.67. The molecule has 2 aliphatic rings. The zero-order valence-corrected chi connectivity index (χ0v) is 35.5. The number of hydrogen-bond donors (Lipinski definition) is 0. The lowest BCUT2D eigenvalue weighted by Crippen LogP contribution is -2.31. The second kappa shape index (κ2) is 14.3. The lowest BCUT2D eigenvalue weighted by Gasteiger charge is -2.39. The molecule has 0 fully saturated rings. The largest absolute Gasteiger partial charge is 0.208 e. The second-order valence-corrected chi connectivity index (χ2v) is 18.4. The monoisotopic (exact) mass is 837 g/mol. The highest BCUT2D eigenvalue weighted by Gasteiger charge is 2.50. The van der Waals surface area contributed by atoms with Gasteiger partial charge in [-0.25, -0.2) is 15.0 Å². The highest BCUT2D eigenvalue weighted by atomic mass is 32.2. The van der Waals surface area contributed by atoms with Gasteiger partial charge in [-0.05, 0) is 98.1 Å². The topological polar surface area (TPSA) is 38.7 Å². The minimum Gasteiger partial charge on any atom is -0.208 e. The van der Waals surface area contributed by atoms with E-state index in [1.54, 1.807) is 11.3 Å². The molecule has 2 aromatic heterocycles. The second-order valence-electron chi connectivity index (χ2n) is 16.2. The number of nitrogens with zero attached hydrogens (tertiary/aromatic N) is 3. The molecule has 3 heterocycles.